The molecule has 1 aromatic rings. The third-order valence-corrected chi connectivity index (χ3v) is 2.31. The maximum Gasteiger partial charge on any atom is 0.310 e. The van der Waals surface area contributed by atoms with Gasteiger partial charge in [0.25, 0.3) is 0 Å². The van der Waals surface area contributed by atoms with E-state index in [2.05, 4.69) is 20.9 Å². The Kier molecular flexibility index (Phi) is 3.85. The number of hydrogen-bond acceptors (Lipinski definition) is 3. The number of carbonyl (C=O) groups is 1. The van der Waals surface area contributed by atoms with Crippen molar-refractivity contribution in [1.29, 1.82) is 0 Å². The molecule has 0 atom stereocenters. The highest BCUT2D eigenvalue weighted by atomic mass is 79.9. The van der Waals surface area contributed by atoms with Crippen molar-refractivity contribution in [2.75, 3.05) is 0 Å². The average Bonchev–Trinajstić information content (AvgIpc) is 2.05. The Labute approximate surface area is 98.0 Å². The molecule has 0 unspecified atom stereocenters. The van der Waals surface area contributed by atoms with E-state index in [1.807, 2.05) is 26.8 Å². The number of carbonyl (C=O) groups excluding carboxylic acids is 1. The van der Waals surface area contributed by atoms with Crippen LogP contribution in [0.2, 0.25) is 0 Å². The van der Waals surface area contributed by atoms with E-state index in [1.165, 1.54) is 0 Å². The first-order valence-electron chi connectivity index (χ1n) is 4.70. The molecule has 1 heterocycles. The molecule has 0 aliphatic carbocycles. The van der Waals surface area contributed by atoms with Crippen LogP contribution in [0.15, 0.2) is 22.9 Å². The summed E-state index contributed by atoms with van der Waals surface area (Å²) in [5.74, 6) is -0.240. The third-order valence-electron chi connectivity index (χ3n) is 1.59. The summed E-state index contributed by atoms with van der Waals surface area (Å²) in [7, 11) is 0. The molecule has 82 valence electrons. The van der Waals surface area contributed by atoms with Crippen molar-refractivity contribution < 1.29 is 9.53 Å². The maximum absolute atomic E-state index is 11.5. The zero-order chi connectivity index (χ0) is 11.5. The molecule has 0 aromatic carbocycles. The molecule has 0 saturated carbocycles. The minimum Gasteiger partial charge on any atom is -0.460 e. The second-order valence-corrected chi connectivity index (χ2v) is 4.97. The Bertz CT molecular complexity index is 358. The highest BCUT2D eigenvalue weighted by molar-refractivity contribution is 9.10. The van der Waals surface area contributed by atoms with Crippen molar-refractivity contribution >= 4 is 21.9 Å². The van der Waals surface area contributed by atoms with Crippen LogP contribution in [0.25, 0.3) is 0 Å². The zero-order valence-corrected chi connectivity index (χ0v) is 10.7. The lowest BCUT2D eigenvalue weighted by Gasteiger charge is -2.19. The van der Waals surface area contributed by atoms with Crippen molar-refractivity contribution in [2.45, 2.75) is 32.8 Å². The van der Waals surface area contributed by atoms with Gasteiger partial charge in [0.2, 0.25) is 0 Å². The second kappa shape index (κ2) is 4.75. The monoisotopic (exact) mass is 271 g/mol. The summed E-state index contributed by atoms with van der Waals surface area (Å²) in [5, 5.41) is 0. The van der Waals surface area contributed by atoms with Crippen molar-refractivity contribution in [2.24, 2.45) is 0 Å². The Morgan fingerprint density at radius 3 is 2.73 bits per heavy atom. The van der Waals surface area contributed by atoms with Gasteiger partial charge in [-0.2, -0.15) is 0 Å². The van der Waals surface area contributed by atoms with Gasteiger partial charge in [0, 0.05) is 6.20 Å². The van der Waals surface area contributed by atoms with Crippen LogP contribution in [0, 0.1) is 0 Å². The van der Waals surface area contributed by atoms with E-state index in [-0.39, 0.29) is 12.4 Å². The van der Waals surface area contributed by atoms with Crippen molar-refractivity contribution in [3.8, 4) is 0 Å². The predicted octanol–water partition coefficient (Wildman–Crippen LogP) is 2.73. The van der Waals surface area contributed by atoms with E-state index >= 15 is 0 Å². The maximum atomic E-state index is 11.5. The molecule has 0 aliphatic rings. The minimum atomic E-state index is -0.439. The molecule has 1 aromatic heterocycles. The standard InChI is InChI=1S/C11H14BrNO2/c1-11(2,3)15-9(14)7-8-5-4-6-13-10(8)12/h4-6H,7H2,1-3H3. The van der Waals surface area contributed by atoms with Crippen LogP contribution < -0.4 is 0 Å². The molecule has 1 rings (SSSR count). The first kappa shape index (κ1) is 12.2. The molecular weight excluding hydrogens is 258 g/mol. The average molecular weight is 272 g/mol. The number of aromatic nitrogens is 1. The summed E-state index contributed by atoms with van der Waals surface area (Å²) in [4.78, 5) is 15.5. The Balaban J connectivity index is 2.64. The first-order chi connectivity index (χ1) is 6.88. The summed E-state index contributed by atoms with van der Waals surface area (Å²) in [6.45, 7) is 5.55. The van der Waals surface area contributed by atoms with E-state index in [1.54, 1.807) is 12.3 Å². The highest BCUT2D eigenvalue weighted by Gasteiger charge is 2.17. The number of esters is 1. The first-order valence-corrected chi connectivity index (χ1v) is 5.49. The molecule has 0 radical (unpaired) electrons. The Hall–Kier alpha value is -0.900. The van der Waals surface area contributed by atoms with Crippen LogP contribution in [0.3, 0.4) is 0 Å². The summed E-state index contributed by atoms with van der Waals surface area (Å²) >= 11 is 3.29. The molecule has 0 fully saturated rings. The highest BCUT2D eigenvalue weighted by Crippen LogP contribution is 2.15. The number of halogens is 1. The smallest absolute Gasteiger partial charge is 0.310 e. The summed E-state index contributed by atoms with van der Waals surface area (Å²) < 4.78 is 5.90. The Morgan fingerprint density at radius 2 is 2.20 bits per heavy atom. The van der Waals surface area contributed by atoms with Crippen molar-refractivity contribution in [3.05, 3.63) is 28.5 Å². The van der Waals surface area contributed by atoms with Gasteiger partial charge < -0.3 is 4.74 Å². The van der Waals surface area contributed by atoms with Crippen molar-refractivity contribution in [3.63, 3.8) is 0 Å². The van der Waals surface area contributed by atoms with Crippen LogP contribution in [-0.2, 0) is 16.0 Å². The number of ether oxygens (including phenoxy) is 1. The topological polar surface area (TPSA) is 39.2 Å². The third kappa shape index (κ3) is 4.42. The molecule has 15 heavy (non-hydrogen) atoms. The fraction of sp³-hybridized carbons (Fsp3) is 0.455. The lowest BCUT2D eigenvalue weighted by Crippen LogP contribution is -2.25. The van der Waals surface area contributed by atoms with Gasteiger partial charge in [-0.05, 0) is 48.3 Å². The molecule has 0 saturated heterocycles. The lowest BCUT2D eigenvalue weighted by atomic mass is 10.2. The van der Waals surface area contributed by atoms with E-state index in [9.17, 15) is 4.79 Å². The van der Waals surface area contributed by atoms with Crippen LogP contribution in [0.5, 0.6) is 0 Å². The Morgan fingerprint density at radius 1 is 1.53 bits per heavy atom. The zero-order valence-electron chi connectivity index (χ0n) is 9.08. The van der Waals surface area contributed by atoms with Gasteiger partial charge in [0.15, 0.2) is 0 Å². The molecule has 0 aliphatic heterocycles. The van der Waals surface area contributed by atoms with Gasteiger partial charge in [-0.25, -0.2) is 4.98 Å². The van der Waals surface area contributed by atoms with Crippen LogP contribution in [0.4, 0.5) is 0 Å². The fourth-order valence-corrected chi connectivity index (χ4v) is 1.47. The lowest BCUT2D eigenvalue weighted by molar-refractivity contribution is -0.153. The molecule has 0 N–H and O–H groups in total. The second-order valence-electron chi connectivity index (χ2n) is 4.22. The number of rotatable bonds is 2. The normalized spacial score (nSPS) is 11.2. The van der Waals surface area contributed by atoms with Crippen LogP contribution in [-0.4, -0.2) is 16.6 Å². The molecule has 0 bridgehead atoms. The largest absolute Gasteiger partial charge is 0.460 e. The van der Waals surface area contributed by atoms with Crippen LogP contribution in [0.1, 0.15) is 26.3 Å². The van der Waals surface area contributed by atoms with Gasteiger partial charge >= 0.3 is 5.97 Å². The van der Waals surface area contributed by atoms with Gasteiger partial charge in [-0.1, -0.05) is 6.07 Å². The summed E-state index contributed by atoms with van der Waals surface area (Å²) in [6, 6.07) is 3.64. The van der Waals surface area contributed by atoms with E-state index in [0.717, 1.165) is 5.56 Å². The van der Waals surface area contributed by atoms with Gasteiger partial charge in [0.1, 0.15) is 10.2 Å². The van der Waals surface area contributed by atoms with Crippen LogP contribution >= 0.6 is 15.9 Å². The molecule has 4 heteroatoms. The quantitative estimate of drug-likeness (QED) is 0.613. The SMILES string of the molecule is CC(C)(C)OC(=O)Cc1cccnc1Br. The molecule has 0 spiro atoms. The van der Waals surface area contributed by atoms with E-state index in [4.69, 9.17) is 4.74 Å². The number of hydrogen-bond donors (Lipinski definition) is 0. The molecule has 3 nitrogen and oxygen atoms in total. The van der Waals surface area contributed by atoms with Gasteiger partial charge in [0.05, 0.1) is 6.42 Å². The summed E-state index contributed by atoms with van der Waals surface area (Å²) in [6.07, 6.45) is 1.91. The molecular formula is C11H14BrNO2. The van der Waals surface area contributed by atoms with Gasteiger partial charge in [-0.3, -0.25) is 4.79 Å². The number of nitrogens with zero attached hydrogens (tertiary/aromatic N) is 1. The number of pyridine rings is 1. The van der Waals surface area contributed by atoms with E-state index < -0.39 is 5.60 Å². The predicted molar refractivity (Wildman–Crippen MR) is 61.5 cm³/mol. The summed E-state index contributed by atoms with van der Waals surface area (Å²) in [5.41, 5.74) is 0.401. The van der Waals surface area contributed by atoms with E-state index in [0.29, 0.717) is 4.60 Å². The van der Waals surface area contributed by atoms with Crippen molar-refractivity contribution in [1.82, 2.24) is 4.98 Å². The van der Waals surface area contributed by atoms with Gasteiger partial charge in [-0.15, -0.1) is 0 Å². The minimum absolute atomic E-state index is 0.240. The fourth-order valence-electron chi connectivity index (χ4n) is 1.08. The molecule has 0 amide bonds.